The van der Waals surface area contributed by atoms with Crippen LogP contribution in [-0.2, 0) is 7.05 Å². The van der Waals surface area contributed by atoms with E-state index in [1.54, 1.807) is 35.1 Å². The Kier molecular flexibility index (Phi) is 7.30. The van der Waals surface area contributed by atoms with E-state index in [-0.39, 0.29) is 17.3 Å². The molecule has 0 unspecified atom stereocenters. The Bertz CT molecular complexity index is 1450. The van der Waals surface area contributed by atoms with Crippen LogP contribution in [0.5, 0.6) is 11.5 Å². The van der Waals surface area contributed by atoms with Crippen molar-refractivity contribution >= 4 is 23.3 Å². The molecule has 0 bridgehead atoms. The molecule has 4 aromatic rings. The van der Waals surface area contributed by atoms with Crippen molar-refractivity contribution in [1.82, 2.24) is 20.1 Å². The van der Waals surface area contributed by atoms with Gasteiger partial charge in [0.1, 0.15) is 28.7 Å². The quantitative estimate of drug-likeness (QED) is 0.350. The SMILES string of the molecule is COc1cc(C(=O)NCC(=O)c2ccc(OC)c(-c3ccc(F)c(Cl)c3)n2)ccc1-c1cnn(C)c1. The van der Waals surface area contributed by atoms with E-state index in [2.05, 4.69) is 15.4 Å². The number of nitrogens with one attached hydrogen (secondary N) is 1. The third kappa shape index (κ3) is 5.21. The minimum absolute atomic E-state index is 0.0784. The van der Waals surface area contributed by atoms with Crippen LogP contribution in [0.3, 0.4) is 0 Å². The number of nitrogens with zero attached hydrogens (tertiary/aromatic N) is 3. The van der Waals surface area contributed by atoms with Crippen molar-refractivity contribution in [2.75, 3.05) is 20.8 Å². The molecule has 0 aliphatic rings. The fourth-order valence-corrected chi connectivity index (χ4v) is 3.78. The molecule has 2 aromatic heterocycles. The lowest BCUT2D eigenvalue weighted by molar-refractivity contribution is 0.0902. The smallest absolute Gasteiger partial charge is 0.251 e. The average Bonchev–Trinajstić information content (AvgIpc) is 3.33. The number of rotatable bonds is 8. The Morgan fingerprint density at radius 3 is 2.47 bits per heavy atom. The highest BCUT2D eigenvalue weighted by Gasteiger charge is 2.17. The van der Waals surface area contributed by atoms with Crippen LogP contribution in [0.25, 0.3) is 22.4 Å². The number of methoxy groups -OCH3 is 2. The number of Topliss-reactive ketones (excluding diaryl/α,β-unsaturated/α-hetero) is 1. The lowest BCUT2D eigenvalue weighted by Crippen LogP contribution is -2.30. The fourth-order valence-electron chi connectivity index (χ4n) is 3.60. The molecular weight excluding hydrogens is 487 g/mol. The highest BCUT2D eigenvalue weighted by atomic mass is 35.5. The van der Waals surface area contributed by atoms with Gasteiger partial charge in [0.25, 0.3) is 5.91 Å². The van der Waals surface area contributed by atoms with Gasteiger partial charge in [0, 0.05) is 35.5 Å². The van der Waals surface area contributed by atoms with Gasteiger partial charge in [-0.15, -0.1) is 0 Å². The van der Waals surface area contributed by atoms with Crippen LogP contribution < -0.4 is 14.8 Å². The predicted octanol–water partition coefficient (Wildman–Crippen LogP) is 4.57. The van der Waals surface area contributed by atoms with E-state index in [9.17, 15) is 14.0 Å². The van der Waals surface area contributed by atoms with Crippen molar-refractivity contribution < 1.29 is 23.5 Å². The number of benzene rings is 2. The molecule has 0 radical (unpaired) electrons. The van der Waals surface area contributed by atoms with Crippen LogP contribution in [0.15, 0.2) is 60.9 Å². The van der Waals surface area contributed by atoms with Crippen molar-refractivity contribution in [2.24, 2.45) is 7.05 Å². The van der Waals surface area contributed by atoms with E-state index in [4.69, 9.17) is 21.1 Å². The molecule has 10 heteroatoms. The largest absolute Gasteiger partial charge is 0.496 e. The van der Waals surface area contributed by atoms with Crippen LogP contribution in [0.1, 0.15) is 20.8 Å². The molecule has 8 nitrogen and oxygen atoms in total. The summed E-state index contributed by atoms with van der Waals surface area (Å²) in [4.78, 5) is 29.9. The molecule has 4 rings (SSSR count). The monoisotopic (exact) mass is 508 g/mol. The van der Waals surface area contributed by atoms with Gasteiger partial charge in [0.15, 0.2) is 5.78 Å². The zero-order valence-electron chi connectivity index (χ0n) is 19.7. The van der Waals surface area contributed by atoms with Crippen molar-refractivity contribution in [3.63, 3.8) is 0 Å². The second-order valence-electron chi connectivity index (χ2n) is 7.80. The predicted molar refractivity (Wildman–Crippen MR) is 133 cm³/mol. The van der Waals surface area contributed by atoms with E-state index in [0.717, 1.165) is 11.1 Å². The second kappa shape index (κ2) is 10.6. The molecule has 1 N–H and O–H groups in total. The van der Waals surface area contributed by atoms with Gasteiger partial charge < -0.3 is 14.8 Å². The minimum Gasteiger partial charge on any atom is -0.496 e. The number of hydrogen-bond acceptors (Lipinski definition) is 6. The van der Waals surface area contributed by atoms with Crippen LogP contribution in [0.2, 0.25) is 5.02 Å². The van der Waals surface area contributed by atoms with E-state index in [1.807, 2.05) is 13.2 Å². The van der Waals surface area contributed by atoms with Crippen LogP contribution in [0.4, 0.5) is 4.39 Å². The fraction of sp³-hybridized carbons (Fsp3) is 0.154. The Morgan fingerprint density at radius 2 is 1.81 bits per heavy atom. The summed E-state index contributed by atoms with van der Waals surface area (Å²) in [5.41, 5.74) is 2.88. The molecule has 36 heavy (non-hydrogen) atoms. The summed E-state index contributed by atoms with van der Waals surface area (Å²) in [5.74, 6) is -0.544. The third-order valence-corrected chi connectivity index (χ3v) is 5.74. The molecule has 0 atom stereocenters. The number of halogens is 2. The summed E-state index contributed by atoms with van der Waals surface area (Å²) in [7, 11) is 4.78. The minimum atomic E-state index is -0.570. The second-order valence-corrected chi connectivity index (χ2v) is 8.21. The first-order chi connectivity index (χ1) is 17.3. The van der Waals surface area contributed by atoms with Gasteiger partial charge in [-0.25, -0.2) is 9.37 Å². The number of pyridine rings is 1. The van der Waals surface area contributed by atoms with Crippen LogP contribution in [0, 0.1) is 5.82 Å². The Hall–Kier alpha value is -4.24. The zero-order valence-corrected chi connectivity index (χ0v) is 20.5. The van der Waals surface area contributed by atoms with Gasteiger partial charge in [-0.05, 0) is 48.5 Å². The number of carbonyl (C=O) groups excluding carboxylic acids is 2. The van der Waals surface area contributed by atoms with Gasteiger partial charge in [0.05, 0.1) is 32.0 Å². The summed E-state index contributed by atoms with van der Waals surface area (Å²) in [6.45, 7) is -0.283. The topological polar surface area (TPSA) is 95.3 Å². The first kappa shape index (κ1) is 24.9. The van der Waals surface area contributed by atoms with Crippen molar-refractivity contribution in [2.45, 2.75) is 0 Å². The number of amides is 1. The molecule has 184 valence electrons. The summed E-state index contributed by atoms with van der Waals surface area (Å²) in [6.07, 6.45) is 3.54. The first-order valence-corrected chi connectivity index (χ1v) is 11.2. The summed E-state index contributed by atoms with van der Waals surface area (Å²) in [6, 6.07) is 12.2. The highest BCUT2D eigenvalue weighted by Crippen LogP contribution is 2.32. The molecule has 1 amide bonds. The van der Waals surface area contributed by atoms with Crippen LogP contribution >= 0.6 is 11.6 Å². The Balaban J connectivity index is 1.50. The standard InChI is InChI=1S/C26H22ClFN4O4/c1-32-14-17(12-30-32)18-6-4-16(11-24(18)36-3)26(34)29-13-22(33)21-8-9-23(35-2)25(31-21)15-5-7-20(28)19(27)10-15/h4-12,14H,13H2,1-3H3,(H,29,34). The normalized spacial score (nSPS) is 10.7. The van der Waals surface area contributed by atoms with Crippen molar-refractivity contribution in [1.29, 1.82) is 0 Å². The molecule has 0 saturated heterocycles. The van der Waals surface area contributed by atoms with Gasteiger partial charge in [-0.1, -0.05) is 11.6 Å². The van der Waals surface area contributed by atoms with E-state index >= 15 is 0 Å². The van der Waals surface area contributed by atoms with Gasteiger partial charge in [-0.3, -0.25) is 14.3 Å². The van der Waals surface area contributed by atoms with Crippen molar-refractivity contribution in [3.05, 3.63) is 83.0 Å². The number of aryl methyl sites for hydroxylation is 1. The molecule has 2 aromatic carbocycles. The Morgan fingerprint density at radius 1 is 1.03 bits per heavy atom. The van der Waals surface area contributed by atoms with Gasteiger partial charge in [0.2, 0.25) is 0 Å². The summed E-state index contributed by atoms with van der Waals surface area (Å²) < 4.78 is 26.0. The third-order valence-electron chi connectivity index (χ3n) is 5.45. The molecule has 0 aliphatic heterocycles. The molecule has 2 heterocycles. The Labute approximate surface area is 211 Å². The maximum Gasteiger partial charge on any atom is 0.251 e. The average molecular weight is 509 g/mol. The molecule has 0 aliphatic carbocycles. The lowest BCUT2D eigenvalue weighted by atomic mass is 10.0. The summed E-state index contributed by atoms with van der Waals surface area (Å²) >= 11 is 5.90. The maximum absolute atomic E-state index is 13.6. The van der Waals surface area contributed by atoms with E-state index < -0.39 is 17.5 Å². The number of aromatic nitrogens is 3. The lowest BCUT2D eigenvalue weighted by Gasteiger charge is -2.11. The molecule has 0 fully saturated rings. The zero-order chi connectivity index (χ0) is 25.8. The van der Waals surface area contributed by atoms with E-state index in [1.165, 1.54) is 38.5 Å². The number of ether oxygens (including phenoxy) is 2. The van der Waals surface area contributed by atoms with Crippen molar-refractivity contribution in [3.8, 4) is 33.9 Å². The first-order valence-electron chi connectivity index (χ1n) is 10.8. The van der Waals surface area contributed by atoms with Gasteiger partial charge in [-0.2, -0.15) is 5.10 Å². The number of hydrogen-bond donors (Lipinski definition) is 1. The highest BCUT2D eigenvalue weighted by molar-refractivity contribution is 6.31. The van der Waals surface area contributed by atoms with E-state index in [0.29, 0.717) is 28.3 Å². The number of carbonyl (C=O) groups is 2. The maximum atomic E-state index is 13.6. The van der Waals surface area contributed by atoms with Crippen LogP contribution in [-0.4, -0.2) is 47.2 Å². The molecular formula is C26H22ClFN4O4. The summed E-state index contributed by atoms with van der Waals surface area (Å²) in [5, 5.41) is 6.69. The number of ketones is 1. The molecule has 0 spiro atoms. The molecule has 0 saturated carbocycles. The van der Waals surface area contributed by atoms with Gasteiger partial charge >= 0.3 is 0 Å².